The molecule has 0 bridgehead atoms. The Labute approximate surface area is 113 Å². The minimum absolute atomic E-state index is 0.0416. The topological polar surface area (TPSA) is 102 Å². The number of aromatic amines is 1. The summed E-state index contributed by atoms with van der Waals surface area (Å²) in [7, 11) is 1.85. The first kappa shape index (κ1) is 12.2. The van der Waals surface area contributed by atoms with Gasteiger partial charge < -0.3 is 10.3 Å². The molecule has 3 rings (SSSR count). The zero-order valence-electron chi connectivity index (χ0n) is 10.7. The van der Waals surface area contributed by atoms with Crippen molar-refractivity contribution in [2.24, 2.45) is 7.05 Å². The second-order valence-corrected chi connectivity index (χ2v) is 4.42. The van der Waals surface area contributed by atoms with Crippen molar-refractivity contribution in [2.75, 3.05) is 5.32 Å². The van der Waals surface area contributed by atoms with Gasteiger partial charge in [0.05, 0.1) is 22.2 Å². The van der Waals surface area contributed by atoms with Crippen LogP contribution in [0.1, 0.15) is 5.56 Å². The fourth-order valence-corrected chi connectivity index (χ4v) is 1.94. The van der Waals surface area contributed by atoms with E-state index in [1.54, 1.807) is 16.9 Å². The SMILES string of the molecule is Cn1cc(CNc2nc3ccc([N+](=O)[O-])cc3[nH]2)cn1. The highest BCUT2D eigenvalue weighted by molar-refractivity contribution is 5.79. The Balaban J connectivity index is 1.80. The Morgan fingerprint density at radius 1 is 1.50 bits per heavy atom. The summed E-state index contributed by atoms with van der Waals surface area (Å²) in [6, 6.07) is 4.53. The lowest BCUT2D eigenvalue weighted by molar-refractivity contribution is -0.384. The van der Waals surface area contributed by atoms with Gasteiger partial charge in [0.15, 0.2) is 0 Å². The third-order valence-electron chi connectivity index (χ3n) is 2.89. The Hall–Kier alpha value is -2.90. The molecule has 0 atom stereocenters. The van der Waals surface area contributed by atoms with Gasteiger partial charge in [-0.15, -0.1) is 0 Å². The maximum absolute atomic E-state index is 10.7. The molecule has 0 aliphatic rings. The van der Waals surface area contributed by atoms with E-state index in [1.165, 1.54) is 12.1 Å². The van der Waals surface area contributed by atoms with Gasteiger partial charge in [0.1, 0.15) is 0 Å². The van der Waals surface area contributed by atoms with Crippen LogP contribution in [0, 0.1) is 10.1 Å². The zero-order chi connectivity index (χ0) is 14.1. The number of nitro groups is 1. The molecule has 0 radical (unpaired) electrons. The molecule has 2 N–H and O–H groups in total. The van der Waals surface area contributed by atoms with Gasteiger partial charge in [0.25, 0.3) is 5.69 Å². The number of aryl methyl sites for hydroxylation is 1. The predicted octanol–water partition coefficient (Wildman–Crippen LogP) is 1.82. The summed E-state index contributed by atoms with van der Waals surface area (Å²) < 4.78 is 1.72. The molecule has 0 amide bonds. The first-order valence-electron chi connectivity index (χ1n) is 5.97. The van der Waals surface area contributed by atoms with E-state index in [4.69, 9.17) is 0 Å². The molecule has 0 saturated carbocycles. The molecule has 8 nitrogen and oxygen atoms in total. The third kappa shape index (κ3) is 2.30. The average molecular weight is 272 g/mol. The van der Waals surface area contributed by atoms with Gasteiger partial charge in [0, 0.05) is 37.5 Å². The predicted molar refractivity (Wildman–Crippen MR) is 73.3 cm³/mol. The second kappa shape index (κ2) is 4.65. The number of fused-ring (bicyclic) bond motifs is 1. The number of nitrogens with zero attached hydrogens (tertiary/aromatic N) is 4. The fraction of sp³-hybridized carbons (Fsp3) is 0.167. The highest BCUT2D eigenvalue weighted by atomic mass is 16.6. The lowest BCUT2D eigenvalue weighted by Crippen LogP contribution is -1.99. The number of H-pyrrole nitrogens is 1. The molecular weight excluding hydrogens is 260 g/mol. The smallest absolute Gasteiger partial charge is 0.271 e. The van der Waals surface area contributed by atoms with Crippen LogP contribution < -0.4 is 5.32 Å². The number of hydrogen-bond donors (Lipinski definition) is 2. The second-order valence-electron chi connectivity index (χ2n) is 4.42. The van der Waals surface area contributed by atoms with Crippen molar-refractivity contribution in [3.8, 4) is 0 Å². The molecule has 0 saturated heterocycles. The first-order chi connectivity index (χ1) is 9.61. The summed E-state index contributed by atoms with van der Waals surface area (Å²) in [5.41, 5.74) is 2.39. The van der Waals surface area contributed by atoms with E-state index in [2.05, 4.69) is 20.4 Å². The number of nitro benzene ring substituents is 1. The van der Waals surface area contributed by atoms with Crippen LogP contribution in [-0.2, 0) is 13.6 Å². The van der Waals surface area contributed by atoms with Crippen molar-refractivity contribution in [1.82, 2.24) is 19.7 Å². The van der Waals surface area contributed by atoms with Gasteiger partial charge in [-0.05, 0) is 6.07 Å². The van der Waals surface area contributed by atoms with E-state index >= 15 is 0 Å². The van der Waals surface area contributed by atoms with Crippen LogP contribution in [0.3, 0.4) is 0 Å². The average Bonchev–Trinajstić information content (AvgIpc) is 3.00. The lowest BCUT2D eigenvalue weighted by atomic mass is 10.3. The summed E-state index contributed by atoms with van der Waals surface area (Å²) >= 11 is 0. The van der Waals surface area contributed by atoms with Gasteiger partial charge >= 0.3 is 0 Å². The maximum atomic E-state index is 10.7. The molecule has 1 aromatic carbocycles. The number of hydrogen-bond acceptors (Lipinski definition) is 5. The molecule has 2 aromatic heterocycles. The van der Waals surface area contributed by atoms with E-state index in [0.717, 1.165) is 5.56 Å². The third-order valence-corrected chi connectivity index (χ3v) is 2.89. The van der Waals surface area contributed by atoms with Gasteiger partial charge in [-0.1, -0.05) is 0 Å². The standard InChI is InChI=1S/C12H12N6O2/c1-17-7-8(6-14-17)5-13-12-15-10-3-2-9(18(19)20)4-11(10)16-12/h2-4,6-7H,5H2,1H3,(H2,13,15,16). The van der Waals surface area contributed by atoms with Crippen molar-refractivity contribution < 1.29 is 4.92 Å². The van der Waals surface area contributed by atoms with E-state index in [0.29, 0.717) is 23.5 Å². The minimum atomic E-state index is -0.428. The van der Waals surface area contributed by atoms with Crippen LogP contribution in [0.25, 0.3) is 11.0 Å². The normalized spacial score (nSPS) is 10.8. The quantitative estimate of drug-likeness (QED) is 0.557. The Bertz CT molecular complexity index is 775. The number of anilines is 1. The molecule has 0 unspecified atom stereocenters. The lowest BCUT2D eigenvalue weighted by Gasteiger charge is -1.98. The van der Waals surface area contributed by atoms with Gasteiger partial charge in [-0.3, -0.25) is 14.8 Å². The Kier molecular flexibility index (Phi) is 2.82. The molecule has 3 aromatic rings. The molecule has 20 heavy (non-hydrogen) atoms. The van der Waals surface area contributed by atoms with Crippen LogP contribution in [0.15, 0.2) is 30.6 Å². The van der Waals surface area contributed by atoms with Crippen LogP contribution >= 0.6 is 0 Å². The number of benzene rings is 1. The number of imidazole rings is 1. The minimum Gasteiger partial charge on any atom is -0.352 e. The van der Waals surface area contributed by atoms with Crippen molar-refractivity contribution in [2.45, 2.75) is 6.54 Å². The van der Waals surface area contributed by atoms with Crippen LogP contribution in [0.2, 0.25) is 0 Å². The number of aromatic nitrogens is 4. The van der Waals surface area contributed by atoms with Crippen molar-refractivity contribution in [1.29, 1.82) is 0 Å². The maximum Gasteiger partial charge on any atom is 0.271 e. The molecule has 102 valence electrons. The monoisotopic (exact) mass is 272 g/mol. The zero-order valence-corrected chi connectivity index (χ0v) is 10.7. The van der Waals surface area contributed by atoms with Crippen molar-refractivity contribution >= 4 is 22.7 Å². The highest BCUT2D eigenvalue weighted by Crippen LogP contribution is 2.20. The molecule has 8 heteroatoms. The summed E-state index contributed by atoms with van der Waals surface area (Å²) in [6.07, 6.45) is 3.67. The summed E-state index contributed by atoms with van der Waals surface area (Å²) in [5.74, 6) is 0.573. The Morgan fingerprint density at radius 2 is 2.35 bits per heavy atom. The van der Waals surface area contributed by atoms with E-state index in [-0.39, 0.29) is 5.69 Å². The summed E-state index contributed by atoms with van der Waals surface area (Å²) in [5, 5.41) is 17.9. The van der Waals surface area contributed by atoms with E-state index < -0.39 is 4.92 Å². The number of nitrogens with one attached hydrogen (secondary N) is 2. The van der Waals surface area contributed by atoms with Crippen molar-refractivity contribution in [3.63, 3.8) is 0 Å². The highest BCUT2D eigenvalue weighted by Gasteiger charge is 2.09. The molecule has 0 spiro atoms. The molecule has 0 aliphatic heterocycles. The van der Waals surface area contributed by atoms with Gasteiger partial charge in [-0.2, -0.15) is 5.10 Å². The summed E-state index contributed by atoms with van der Waals surface area (Å²) in [6.45, 7) is 0.579. The van der Waals surface area contributed by atoms with E-state index in [1.807, 2.05) is 13.2 Å². The van der Waals surface area contributed by atoms with Crippen LogP contribution in [0.5, 0.6) is 0 Å². The number of rotatable bonds is 4. The Morgan fingerprint density at radius 3 is 3.05 bits per heavy atom. The van der Waals surface area contributed by atoms with Crippen LogP contribution in [-0.4, -0.2) is 24.7 Å². The fourth-order valence-electron chi connectivity index (χ4n) is 1.94. The first-order valence-corrected chi connectivity index (χ1v) is 5.97. The molecule has 2 heterocycles. The van der Waals surface area contributed by atoms with Gasteiger partial charge in [0.2, 0.25) is 5.95 Å². The van der Waals surface area contributed by atoms with Gasteiger partial charge in [-0.25, -0.2) is 4.98 Å². The molecule has 0 fully saturated rings. The van der Waals surface area contributed by atoms with Crippen LogP contribution in [0.4, 0.5) is 11.6 Å². The molecular formula is C12H12N6O2. The number of non-ortho nitro benzene ring substituents is 1. The summed E-state index contributed by atoms with van der Waals surface area (Å²) in [4.78, 5) is 17.6. The molecule has 0 aliphatic carbocycles. The van der Waals surface area contributed by atoms with E-state index in [9.17, 15) is 10.1 Å². The van der Waals surface area contributed by atoms with Crippen molar-refractivity contribution in [3.05, 3.63) is 46.3 Å². The largest absolute Gasteiger partial charge is 0.352 e.